The predicted molar refractivity (Wildman–Crippen MR) is 45.2 cm³/mol. The van der Waals surface area contributed by atoms with Gasteiger partial charge >= 0.3 is 11.9 Å². The van der Waals surface area contributed by atoms with Gasteiger partial charge in [-0.15, -0.1) is 0 Å². The first-order chi connectivity index (χ1) is 6.28. The maximum Gasteiger partial charge on any atom is 0.364 e. The Labute approximate surface area is 80.0 Å². The lowest BCUT2D eigenvalue weighted by Gasteiger charge is -1.96. The van der Waals surface area contributed by atoms with E-state index in [1.807, 2.05) is 0 Å². The van der Waals surface area contributed by atoms with E-state index in [1.54, 1.807) is 13.8 Å². The number of allylic oxidation sites excluding steroid dienone is 1. The summed E-state index contributed by atoms with van der Waals surface area (Å²) in [6.07, 6.45) is 0.876. The quantitative estimate of drug-likeness (QED) is 0.676. The molecule has 0 aromatic carbocycles. The van der Waals surface area contributed by atoms with Crippen molar-refractivity contribution in [3.63, 3.8) is 0 Å². The molecule has 78 valence electrons. The Hall–Kier alpha value is -1.39. The van der Waals surface area contributed by atoms with Gasteiger partial charge in [0.05, 0.1) is 5.92 Å². The van der Waals surface area contributed by atoms with Crippen molar-refractivity contribution in [2.24, 2.45) is 17.3 Å². The highest BCUT2D eigenvalue weighted by atomic mass is 19.1. The molecule has 0 aliphatic heterocycles. The number of hydrogen-bond donors (Lipinski definition) is 2. The fourth-order valence-corrected chi connectivity index (χ4v) is 1.69. The zero-order chi connectivity index (χ0) is 11.1. The number of halogens is 1. The third kappa shape index (κ3) is 1.62. The van der Waals surface area contributed by atoms with Crippen molar-refractivity contribution < 1.29 is 24.2 Å². The molecular weight excluding hydrogens is 191 g/mol. The highest BCUT2D eigenvalue weighted by Gasteiger charge is 2.61. The van der Waals surface area contributed by atoms with Crippen LogP contribution in [0.2, 0.25) is 0 Å². The number of aliphatic carboxylic acids is 2. The number of rotatable bonds is 3. The maximum absolute atomic E-state index is 12.7. The van der Waals surface area contributed by atoms with Crippen molar-refractivity contribution in [2.75, 3.05) is 0 Å². The third-order valence-electron chi connectivity index (χ3n) is 2.71. The Balaban J connectivity index is 2.80. The highest BCUT2D eigenvalue weighted by Crippen LogP contribution is 2.59. The standard InChI is InChI=1S/C9H11FO4/c1-9(2)4(6(9)8(13)14)3-5(10)7(11)12/h3-4,6H,1-2H3,(H,11,12)(H,13,14)/b5-3-. The first-order valence-electron chi connectivity index (χ1n) is 4.12. The first-order valence-corrected chi connectivity index (χ1v) is 4.12. The number of carbonyl (C=O) groups is 2. The van der Waals surface area contributed by atoms with Gasteiger partial charge in [-0.25, -0.2) is 4.79 Å². The summed E-state index contributed by atoms with van der Waals surface area (Å²) in [6, 6.07) is 0. The fraction of sp³-hybridized carbons (Fsp3) is 0.556. The van der Waals surface area contributed by atoms with Crippen LogP contribution in [-0.2, 0) is 9.59 Å². The molecule has 4 nitrogen and oxygen atoms in total. The summed E-state index contributed by atoms with van der Waals surface area (Å²) in [7, 11) is 0. The molecule has 1 saturated carbocycles. The van der Waals surface area contributed by atoms with E-state index in [1.165, 1.54) is 0 Å². The number of carboxylic acid groups (broad SMARTS) is 2. The van der Waals surface area contributed by atoms with Crippen LogP contribution in [0.3, 0.4) is 0 Å². The second kappa shape index (κ2) is 3.08. The minimum atomic E-state index is -1.66. The summed E-state index contributed by atoms with van der Waals surface area (Å²) in [5, 5.41) is 17.0. The average molecular weight is 202 g/mol. The average Bonchev–Trinajstić information content (AvgIpc) is 2.52. The molecule has 14 heavy (non-hydrogen) atoms. The van der Waals surface area contributed by atoms with Crippen LogP contribution in [0, 0.1) is 17.3 Å². The van der Waals surface area contributed by atoms with Gasteiger partial charge in [0, 0.05) is 0 Å². The molecule has 0 aromatic heterocycles. The van der Waals surface area contributed by atoms with Crippen molar-refractivity contribution in [1.82, 2.24) is 0 Å². The minimum Gasteiger partial charge on any atom is -0.481 e. The molecule has 1 rings (SSSR count). The molecule has 5 heteroatoms. The summed E-state index contributed by atoms with van der Waals surface area (Å²) in [5.74, 6) is -5.18. The van der Waals surface area contributed by atoms with Crippen LogP contribution in [0.4, 0.5) is 4.39 Å². The zero-order valence-electron chi connectivity index (χ0n) is 7.82. The molecule has 0 amide bonds. The van der Waals surface area contributed by atoms with Gasteiger partial charge < -0.3 is 10.2 Å². The van der Waals surface area contributed by atoms with Gasteiger partial charge in [0.25, 0.3) is 0 Å². The molecule has 0 bridgehead atoms. The van der Waals surface area contributed by atoms with Crippen molar-refractivity contribution >= 4 is 11.9 Å². The Morgan fingerprint density at radius 3 is 2.14 bits per heavy atom. The van der Waals surface area contributed by atoms with E-state index in [4.69, 9.17) is 10.2 Å². The largest absolute Gasteiger partial charge is 0.481 e. The summed E-state index contributed by atoms with van der Waals surface area (Å²) >= 11 is 0. The smallest absolute Gasteiger partial charge is 0.364 e. The van der Waals surface area contributed by atoms with E-state index in [9.17, 15) is 14.0 Å². The molecule has 0 saturated heterocycles. The molecule has 2 atom stereocenters. The van der Waals surface area contributed by atoms with Crippen molar-refractivity contribution in [1.29, 1.82) is 0 Å². The maximum atomic E-state index is 12.7. The molecule has 2 unspecified atom stereocenters. The van der Waals surface area contributed by atoms with Gasteiger partial charge in [-0.3, -0.25) is 4.79 Å². The van der Waals surface area contributed by atoms with Gasteiger partial charge in [-0.1, -0.05) is 13.8 Å². The second-order valence-electron chi connectivity index (χ2n) is 3.98. The summed E-state index contributed by atoms with van der Waals surface area (Å²) < 4.78 is 12.7. The van der Waals surface area contributed by atoms with Gasteiger partial charge in [-0.2, -0.15) is 4.39 Å². The fourth-order valence-electron chi connectivity index (χ4n) is 1.69. The lowest BCUT2D eigenvalue weighted by atomic mass is 10.1. The Bertz CT molecular complexity index is 319. The lowest BCUT2D eigenvalue weighted by Crippen LogP contribution is -2.03. The van der Waals surface area contributed by atoms with E-state index in [2.05, 4.69) is 0 Å². The van der Waals surface area contributed by atoms with Crippen molar-refractivity contribution in [3.8, 4) is 0 Å². The third-order valence-corrected chi connectivity index (χ3v) is 2.71. The van der Waals surface area contributed by atoms with Crippen LogP contribution < -0.4 is 0 Å². The van der Waals surface area contributed by atoms with E-state index in [-0.39, 0.29) is 0 Å². The van der Waals surface area contributed by atoms with Gasteiger partial charge in [-0.05, 0) is 17.4 Å². The number of carboxylic acids is 2. The summed E-state index contributed by atoms with van der Waals surface area (Å²) in [6.45, 7) is 3.34. The highest BCUT2D eigenvalue weighted by molar-refractivity contribution is 5.84. The van der Waals surface area contributed by atoms with E-state index >= 15 is 0 Å². The number of hydrogen-bond acceptors (Lipinski definition) is 2. The van der Waals surface area contributed by atoms with E-state index < -0.39 is 35.0 Å². The topological polar surface area (TPSA) is 74.6 Å². The molecular formula is C9H11FO4. The zero-order valence-corrected chi connectivity index (χ0v) is 7.82. The van der Waals surface area contributed by atoms with Crippen LogP contribution in [0.15, 0.2) is 11.9 Å². The Kier molecular flexibility index (Phi) is 2.35. The van der Waals surface area contributed by atoms with Crippen LogP contribution >= 0.6 is 0 Å². The lowest BCUT2D eigenvalue weighted by molar-refractivity contribution is -0.139. The molecule has 0 aromatic rings. The van der Waals surface area contributed by atoms with Crippen LogP contribution in [-0.4, -0.2) is 22.2 Å². The van der Waals surface area contributed by atoms with Gasteiger partial charge in [0.15, 0.2) is 0 Å². The van der Waals surface area contributed by atoms with Crippen LogP contribution in [0.5, 0.6) is 0 Å². The van der Waals surface area contributed by atoms with Crippen LogP contribution in [0.1, 0.15) is 13.8 Å². The molecule has 0 heterocycles. The van der Waals surface area contributed by atoms with Crippen molar-refractivity contribution in [2.45, 2.75) is 13.8 Å². The Morgan fingerprint density at radius 2 is 1.86 bits per heavy atom. The monoisotopic (exact) mass is 202 g/mol. The summed E-state index contributed by atoms with van der Waals surface area (Å²) in [4.78, 5) is 20.8. The molecule has 1 fully saturated rings. The van der Waals surface area contributed by atoms with Crippen LogP contribution in [0.25, 0.3) is 0 Å². The second-order valence-corrected chi connectivity index (χ2v) is 3.98. The summed E-state index contributed by atoms with van der Waals surface area (Å²) in [5.41, 5.74) is -0.557. The normalized spacial score (nSPS) is 29.8. The van der Waals surface area contributed by atoms with E-state index in [0.29, 0.717) is 0 Å². The minimum absolute atomic E-state index is 0.531. The van der Waals surface area contributed by atoms with E-state index in [0.717, 1.165) is 6.08 Å². The van der Waals surface area contributed by atoms with Crippen molar-refractivity contribution in [3.05, 3.63) is 11.9 Å². The van der Waals surface area contributed by atoms with Gasteiger partial charge in [0.1, 0.15) is 0 Å². The molecule has 0 radical (unpaired) electrons. The molecule has 2 N–H and O–H groups in total. The first kappa shape index (κ1) is 10.7. The molecule has 1 aliphatic rings. The predicted octanol–water partition coefficient (Wildman–Crippen LogP) is 1.28. The Morgan fingerprint density at radius 1 is 1.36 bits per heavy atom. The molecule has 0 spiro atoms. The van der Waals surface area contributed by atoms with Gasteiger partial charge in [0.2, 0.25) is 5.83 Å². The molecule has 1 aliphatic carbocycles. The SMILES string of the molecule is CC1(C)C(/C=C(\F)C(=O)O)C1C(=O)O.